The number of thioether (sulfide) groups is 1. The van der Waals surface area contributed by atoms with Crippen LogP contribution in [-0.2, 0) is 4.79 Å². The van der Waals surface area contributed by atoms with Crippen molar-refractivity contribution in [2.24, 2.45) is 4.99 Å². The first kappa shape index (κ1) is 20.2. The number of ether oxygens (including phenoxy) is 1. The van der Waals surface area contributed by atoms with Gasteiger partial charge in [0.15, 0.2) is 5.17 Å². The van der Waals surface area contributed by atoms with E-state index < -0.39 is 0 Å². The minimum atomic E-state index is -0.318. The Morgan fingerprint density at radius 1 is 1.07 bits per heavy atom. The normalized spacial score (nSPS) is 16.8. The number of hydrogen-bond acceptors (Lipinski definition) is 4. The maximum atomic E-state index is 13.2. The lowest BCUT2D eigenvalue weighted by molar-refractivity contribution is -0.122. The zero-order valence-electron chi connectivity index (χ0n) is 16.8. The van der Waals surface area contributed by atoms with Crippen LogP contribution in [0.5, 0.6) is 5.75 Å². The number of nitrogens with zero attached hydrogens (tertiary/aromatic N) is 2. The third kappa shape index (κ3) is 3.96. The van der Waals surface area contributed by atoms with Gasteiger partial charge < -0.3 is 4.74 Å². The van der Waals surface area contributed by atoms with Crippen molar-refractivity contribution in [1.29, 1.82) is 0 Å². The highest BCUT2D eigenvalue weighted by molar-refractivity contribution is 8.18. The zero-order chi connectivity index (χ0) is 21.1. The molecule has 1 aliphatic heterocycles. The molecule has 1 heterocycles. The summed E-state index contributed by atoms with van der Waals surface area (Å²) in [5.74, 6) is 0.323. The van der Waals surface area contributed by atoms with Crippen LogP contribution in [0.1, 0.15) is 19.4 Å². The summed E-state index contributed by atoms with van der Waals surface area (Å²) in [7, 11) is 0. The molecule has 6 heteroatoms. The summed E-state index contributed by atoms with van der Waals surface area (Å²) in [6, 6.07) is 17.9. The number of halogens is 1. The van der Waals surface area contributed by atoms with Gasteiger partial charge in [-0.25, -0.2) is 9.38 Å². The maximum Gasteiger partial charge on any atom is 0.266 e. The van der Waals surface area contributed by atoms with E-state index in [2.05, 4.69) is 4.99 Å². The molecular weight excluding hydrogens is 399 g/mol. The van der Waals surface area contributed by atoms with Gasteiger partial charge in [0.1, 0.15) is 11.6 Å². The van der Waals surface area contributed by atoms with E-state index >= 15 is 0 Å². The first-order valence-corrected chi connectivity index (χ1v) is 10.6. The average molecular weight is 421 g/mol. The van der Waals surface area contributed by atoms with E-state index in [0.29, 0.717) is 28.9 Å². The molecular formula is C24H21FN2O2S. The van der Waals surface area contributed by atoms with E-state index in [0.717, 1.165) is 22.1 Å². The quantitative estimate of drug-likeness (QED) is 0.475. The first-order valence-electron chi connectivity index (χ1n) is 9.81. The Morgan fingerprint density at radius 3 is 2.57 bits per heavy atom. The Labute approximate surface area is 179 Å². The summed E-state index contributed by atoms with van der Waals surface area (Å²) >= 11 is 1.32. The van der Waals surface area contributed by atoms with Gasteiger partial charge in [-0.3, -0.25) is 9.69 Å². The van der Waals surface area contributed by atoms with Crippen LogP contribution in [-0.4, -0.2) is 29.1 Å². The van der Waals surface area contributed by atoms with Crippen LogP contribution < -0.4 is 4.74 Å². The predicted octanol–water partition coefficient (Wildman–Crippen LogP) is 6.00. The highest BCUT2D eigenvalue weighted by atomic mass is 32.2. The molecule has 30 heavy (non-hydrogen) atoms. The molecule has 0 unspecified atom stereocenters. The van der Waals surface area contributed by atoms with Gasteiger partial charge in [-0.2, -0.15) is 0 Å². The number of amides is 1. The van der Waals surface area contributed by atoms with Gasteiger partial charge in [0.05, 0.1) is 17.2 Å². The lowest BCUT2D eigenvalue weighted by Crippen LogP contribution is -2.28. The average Bonchev–Trinajstić information content (AvgIpc) is 3.05. The van der Waals surface area contributed by atoms with Gasteiger partial charge in [0, 0.05) is 12.1 Å². The molecule has 0 N–H and O–H groups in total. The molecule has 3 aromatic rings. The number of amidine groups is 1. The lowest BCUT2D eigenvalue weighted by Gasteiger charge is -2.12. The van der Waals surface area contributed by atoms with E-state index in [9.17, 15) is 9.18 Å². The largest absolute Gasteiger partial charge is 0.493 e. The van der Waals surface area contributed by atoms with Crippen molar-refractivity contribution in [3.05, 3.63) is 76.9 Å². The Kier molecular flexibility index (Phi) is 5.86. The van der Waals surface area contributed by atoms with Crippen molar-refractivity contribution in [3.63, 3.8) is 0 Å². The molecule has 0 atom stereocenters. The fourth-order valence-corrected chi connectivity index (χ4v) is 4.38. The van der Waals surface area contributed by atoms with Crippen molar-refractivity contribution in [2.45, 2.75) is 13.8 Å². The van der Waals surface area contributed by atoms with Gasteiger partial charge in [-0.15, -0.1) is 0 Å². The Hall–Kier alpha value is -3.12. The second-order valence-electron chi connectivity index (χ2n) is 6.66. The van der Waals surface area contributed by atoms with Crippen LogP contribution >= 0.6 is 11.8 Å². The number of benzene rings is 3. The van der Waals surface area contributed by atoms with E-state index in [1.54, 1.807) is 17.0 Å². The standard InChI is InChI=1S/C24H21FN2O2S/c1-3-27-23(28)22(30-24(27)26-18-12-10-17(25)11-13-18)15-20-19-8-6-5-7-16(19)9-14-21(20)29-4-2/h5-15H,3-4H2,1-2H3/b22-15+,26-24?. The van der Waals surface area contributed by atoms with Crippen LogP contribution in [0.15, 0.2) is 70.6 Å². The lowest BCUT2D eigenvalue weighted by atomic mass is 10.0. The van der Waals surface area contributed by atoms with E-state index in [1.165, 1.54) is 23.9 Å². The third-order valence-corrected chi connectivity index (χ3v) is 5.77. The number of carbonyl (C=O) groups is 1. The van der Waals surface area contributed by atoms with Crippen LogP contribution in [0.3, 0.4) is 0 Å². The smallest absolute Gasteiger partial charge is 0.266 e. The highest BCUT2D eigenvalue weighted by Crippen LogP contribution is 2.37. The second kappa shape index (κ2) is 8.71. The maximum absolute atomic E-state index is 13.2. The monoisotopic (exact) mass is 420 g/mol. The van der Waals surface area contributed by atoms with Gasteiger partial charge in [-0.1, -0.05) is 30.3 Å². The second-order valence-corrected chi connectivity index (χ2v) is 7.67. The fraction of sp³-hybridized carbons (Fsp3) is 0.167. The van der Waals surface area contributed by atoms with Crippen molar-refractivity contribution < 1.29 is 13.9 Å². The summed E-state index contributed by atoms with van der Waals surface area (Å²) in [6.07, 6.45) is 1.89. The highest BCUT2D eigenvalue weighted by Gasteiger charge is 2.32. The summed E-state index contributed by atoms with van der Waals surface area (Å²) in [5, 5.41) is 2.69. The molecule has 152 valence electrons. The number of carbonyl (C=O) groups excluding carboxylic acids is 1. The molecule has 1 fully saturated rings. The summed E-state index contributed by atoms with van der Waals surface area (Å²) in [5.41, 5.74) is 1.48. The molecule has 0 radical (unpaired) electrons. The van der Waals surface area contributed by atoms with E-state index in [4.69, 9.17) is 4.74 Å². The molecule has 4 nitrogen and oxygen atoms in total. The molecule has 1 amide bonds. The number of fused-ring (bicyclic) bond motifs is 1. The van der Waals surface area contributed by atoms with Gasteiger partial charge in [0.25, 0.3) is 5.91 Å². The molecule has 0 aromatic heterocycles. The van der Waals surface area contributed by atoms with Crippen molar-refractivity contribution in [3.8, 4) is 5.75 Å². The molecule has 0 spiro atoms. The number of hydrogen-bond donors (Lipinski definition) is 0. The van der Waals surface area contributed by atoms with E-state index in [-0.39, 0.29) is 11.7 Å². The van der Waals surface area contributed by atoms with Crippen molar-refractivity contribution in [1.82, 2.24) is 4.90 Å². The molecule has 0 aliphatic carbocycles. The minimum absolute atomic E-state index is 0.0984. The number of rotatable bonds is 5. The van der Waals surface area contributed by atoms with Gasteiger partial charge in [0.2, 0.25) is 0 Å². The Bertz CT molecular complexity index is 1160. The molecule has 0 saturated carbocycles. The summed E-state index contributed by atoms with van der Waals surface area (Å²) < 4.78 is 19.0. The number of aliphatic imine (C=N–C) groups is 1. The van der Waals surface area contributed by atoms with Gasteiger partial charge >= 0.3 is 0 Å². The summed E-state index contributed by atoms with van der Waals surface area (Å²) in [4.78, 5) is 19.8. The predicted molar refractivity (Wildman–Crippen MR) is 122 cm³/mol. The molecule has 4 rings (SSSR count). The van der Waals surface area contributed by atoms with Crippen LogP contribution in [0.25, 0.3) is 16.8 Å². The van der Waals surface area contributed by atoms with Crippen molar-refractivity contribution in [2.75, 3.05) is 13.2 Å². The summed E-state index contributed by atoms with van der Waals surface area (Å²) in [6.45, 7) is 4.88. The fourth-order valence-electron chi connectivity index (χ4n) is 3.33. The van der Waals surface area contributed by atoms with Gasteiger partial charge in [-0.05, 0) is 72.8 Å². The third-order valence-electron chi connectivity index (χ3n) is 4.76. The Morgan fingerprint density at radius 2 is 1.83 bits per heavy atom. The molecule has 1 saturated heterocycles. The topological polar surface area (TPSA) is 41.9 Å². The molecule has 1 aliphatic rings. The van der Waals surface area contributed by atoms with Crippen molar-refractivity contribution >= 4 is 45.4 Å². The SMILES string of the molecule is CCOc1ccc2ccccc2c1/C=C1/SC(=Nc2ccc(F)cc2)N(CC)C1=O. The zero-order valence-corrected chi connectivity index (χ0v) is 17.6. The minimum Gasteiger partial charge on any atom is -0.493 e. The van der Waals surface area contributed by atoms with Crippen LogP contribution in [0.4, 0.5) is 10.1 Å². The molecule has 3 aromatic carbocycles. The van der Waals surface area contributed by atoms with E-state index in [1.807, 2.05) is 56.3 Å². The first-order chi connectivity index (χ1) is 14.6. The van der Waals surface area contributed by atoms with Crippen LogP contribution in [0.2, 0.25) is 0 Å². The Balaban J connectivity index is 1.78. The number of likely N-dealkylation sites (N-methyl/N-ethyl adjacent to an activating group) is 1. The van der Waals surface area contributed by atoms with Crippen LogP contribution in [0, 0.1) is 5.82 Å². The molecule has 0 bridgehead atoms.